The van der Waals surface area contributed by atoms with Crippen molar-refractivity contribution in [3.05, 3.63) is 0 Å². The van der Waals surface area contributed by atoms with Crippen LogP contribution in [-0.4, -0.2) is 41.2 Å². The van der Waals surface area contributed by atoms with E-state index in [1.54, 1.807) is 6.92 Å². The molecule has 0 aliphatic rings. The van der Waals surface area contributed by atoms with E-state index in [1.807, 2.05) is 0 Å². The van der Waals surface area contributed by atoms with Gasteiger partial charge < -0.3 is 20.5 Å². The molecule has 1 heterocycles. The van der Waals surface area contributed by atoms with Crippen LogP contribution in [0.15, 0.2) is 0 Å². The van der Waals surface area contributed by atoms with E-state index in [9.17, 15) is 4.79 Å². The summed E-state index contributed by atoms with van der Waals surface area (Å²) >= 11 is 0. The molecule has 0 bridgehead atoms. The van der Waals surface area contributed by atoms with Gasteiger partial charge >= 0.3 is 12.0 Å². The van der Waals surface area contributed by atoms with Crippen molar-refractivity contribution in [1.29, 1.82) is 0 Å². The molecule has 3 N–H and O–H groups in total. The van der Waals surface area contributed by atoms with Crippen molar-refractivity contribution in [2.75, 3.05) is 31.3 Å². The lowest BCUT2D eigenvalue weighted by Crippen LogP contribution is -2.14. The zero-order valence-corrected chi connectivity index (χ0v) is 9.77. The maximum Gasteiger partial charge on any atom is 0.322 e. The highest BCUT2D eigenvalue weighted by Crippen LogP contribution is 2.07. The Labute approximate surface area is 98.6 Å². The summed E-state index contributed by atoms with van der Waals surface area (Å²) < 4.78 is 9.59. The van der Waals surface area contributed by atoms with Gasteiger partial charge in [-0.05, 0) is 6.92 Å². The molecule has 0 atom stereocenters. The van der Waals surface area contributed by atoms with Crippen molar-refractivity contribution in [3.63, 3.8) is 0 Å². The second-order valence-corrected chi connectivity index (χ2v) is 2.99. The summed E-state index contributed by atoms with van der Waals surface area (Å²) in [6.45, 7) is 2.47. The molecule has 0 amide bonds. The molecule has 0 saturated heterocycles. The first-order valence-corrected chi connectivity index (χ1v) is 5.10. The highest BCUT2D eigenvalue weighted by molar-refractivity contribution is 5.69. The lowest BCUT2D eigenvalue weighted by atomic mass is 10.4. The van der Waals surface area contributed by atoms with Crippen LogP contribution in [0.2, 0.25) is 0 Å². The molecule has 8 nitrogen and oxygen atoms in total. The Balaban J connectivity index is 2.46. The minimum atomic E-state index is -0.283. The number of nitrogens with zero attached hydrogens (tertiary/aromatic N) is 3. The number of carbonyl (C=O) groups excluding carboxylic acids is 1. The summed E-state index contributed by atoms with van der Waals surface area (Å²) in [6.07, 6.45) is 0.224. The molecule has 1 aromatic heterocycles. The molecule has 17 heavy (non-hydrogen) atoms. The van der Waals surface area contributed by atoms with E-state index in [1.165, 1.54) is 7.11 Å². The second kappa shape index (κ2) is 6.46. The Hall–Kier alpha value is -2.12. The Morgan fingerprint density at radius 1 is 1.41 bits per heavy atom. The lowest BCUT2D eigenvalue weighted by molar-refractivity contribution is -0.142. The first-order chi connectivity index (χ1) is 8.15. The third kappa shape index (κ3) is 4.49. The van der Waals surface area contributed by atoms with Crippen molar-refractivity contribution in [2.24, 2.45) is 0 Å². The van der Waals surface area contributed by atoms with Gasteiger partial charge in [-0.3, -0.25) is 4.79 Å². The number of nitrogens with one attached hydrogen (secondary N) is 1. The molecule has 1 rings (SSSR count). The van der Waals surface area contributed by atoms with Crippen LogP contribution in [0.1, 0.15) is 13.3 Å². The first-order valence-electron chi connectivity index (χ1n) is 5.10. The zero-order chi connectivity index (χ0) is 12.7. The predicted octanol–water partition coefficient (Wildman–Crippen LogP) is -0.172. The van der Waals surface area contributed by atoms with Crippen LogP contribution in [-0.2, 0) is 9.53 Å². The van der Waals surface area contributed by atoms with Gasteiger partial charge in [0.05, 0.1) is 20.1 Å². The smallest absolute Gasteiger partial charge is 0.322 e. The summed E-state index contributed by atoms with van der Waals surface area (Å²) in [6, 6.07) is 0.121. The highest BCUT2D eigenvalue weighted by Gasteiger charge is 2.05. The molecule has 1 aromatic rings. The maximum atomic E-state index is 11.1. The summed E-state index contributed by atoms with van der Waals surface area (Å²) in [5.41, 5.74) is 5.44. The number of nitrogens with two attached hydrogens (primary N) is 1. The Morgan fingerprint density at radius 2 is 2.18 bits per heavy atom. The Morgan fingerprint density at radius 3 is 2.82 bits per heavy atom. The van der Waals surface area contributed by atoms with Gasteiger partial charge in [0.1, 0.15) is 0 Å². The predicted molar refractivity (Wildman–Crippen MR) is 60.5 cm³/mol. The van der Waals surface area contributed by atoms with Gasteiger partial charge in [-0.1, -0.05) is 0 Å². The zero-order valence-electron chi connectivity index (χ0n) is 9.77. The monoisotopic (exact) mass is 241 g/mol. The summed E-state index contributed by atoms with van der Waals surface area (Å²) in [5.74, 6) is 0.0307. The lowest BCUT2D eigenvalue weighted by Gasteiger charge is -2.06. The minimum absolute atomic E-state index is 0.0514. The van der Waals surface area contributed by atoms with Crippen LogP contribution in [0.3, 0.4) is 0 Å². The van der Waals surface area contributed by atoms with E-state index in [2.05, 4.69) is 20.3 Å². The Bertz CT molecular complexity index is 385. The number of anilines is 2. The second-order valence-electron chi connectivity index (χ2n) is 2.99. The molecule has 0 aromatic carbocycles. The average molecular weight is 241 g/mol. The van der Waals surface area contributed by atoms with Gasteiger partial charge in [-0.25, -0.2) is 0 Å². The number of methoxy groups -OCH3 is 1. The van der Waals surface area contributed by atoms with Gasteiger partial charge in [0.25, 0.3) is 0 Å². The van der Waals surface area contributed by atoms with Gasteiger partial charge in [-0.15, -0.1) is 0 Å². The normalized spacial score (nSPS) is 9.76. The number of esters is 1. The van der Waals surface area contributed by atoms with E-state index >= 15 is 0 Å². The fraction of sp³-hybridized carbons (Fsp3) is 0.556. The largest absolute Gasteiger partial charge is 0.467 e. The van der Waals surface area contributed by atoms with Crippen LogP contribution < -0.4 is 15.8 Å². The van der Waals surface area contributed by atoms with Crippen molar-refractivity contribution in [2.45, 2.75) is 13.3 Å². The van der Waals surface area contributed by atoms with Crippen LogP contribution in [0.5, 0.6) is 6.01 Å². The molecule has 0 saturated carbocycles. The number of hydrogen-bond acceptors (Lipinski definition) is 8. The third-order valence-electron chi connectivity index (χ3n) is 1.73. The van der Waals surface area contributed by atoms with Gasteiger partial charge in [0, 0.05) is 6.54 Å². The number of aromatic nitrogens is 3. The summed E-state index contributed by atoms with van der Waals surface area (Å²) in [7, 11) is 1.43. The van der Waals surface area contributed by atoms with Crippen LogP contribution in [0.25, 0.3) is 0 Å². The Kier molecular flexibility index (Phi) is 4.92. The molecule has 0 aliphatic carbocycles. The van der Waals surface area contributed by atoms with E-state index < -0.39 is 0 Å². The number of carbonyl (C=O) groups is 1. The minimum Gasteiger partial charge on any atom is -0.467 e. The molecule has 0 radical (unpaired) electrons. The molecule has 94 valence electrons. The number of hydrogen-bond donors (Lipinski definition) is 2. The van der Waals surface area contributed by atoms with Gasteiger partial charge in [-0.2, -0.15) is 15.0 Å². The topological polar surface area (TPSA) is 112 Å². The molecule has 0 fully saturated rings. The van der Waals surface area contributed by atoms with Crippen LogP contribution >= 0.6 is 0 Å². The van der Waals surface area contributed by atoms with E-state index in [0.29, 0.717) is 13.2 Å². The molecular formula is C9H15N5O3. The number of ether oxygens (including phenoxy) is 2. The number of rotatable bonds is 6. The van der Waals surface area contributed by atoms with E-state index in [-0.39, 0.29) is 30.3 Å². The summed E-state index contributed by atoms with van der Waals surface area (Å²) in [5, 5.41) is 2.83. The number of nitrogen functional groups attached to an aromatic ring is 1. The third-order valence-corrected chi connectivity index (χ3v) is 1.73. The molecule has 8 heteroatoms. The van der Waals surface area contributed by atoms with E-state index in [4.69, 9.17) is 15.2 Å². The fourth-order valence-electron chi connectivity index (χ4n) is 1.05. The van der Waals surface area contributed by atoms with Gasteiger partial charge in [0.15, 0.2) is 0 Å². The van der Waals surface area contributed by atoms with Crippen LogP contribution in [0.4, 0.5) is 11.9 Å². The summed E-state index contributed by atoms with van der Waals surface area (Å²) in [4.78, 5) is 22.5. The molecule has 0 spiro atoms. The van der Waals surface area contributed by atoms with Crippen molar-refractivity contribution in [3.8, 4) is 6.01 Å². The maximum absolute atomic E-state index is 11.1. The van der Waals surface area contributed by atoms with Crippen molar-refractivity contribution >= 4 is 17.9 Å². The fourth-order valence-corrected chi connectivity index (χ4v) is 1.05. The molecule has 0 aliphatic heterocycles. The van der Waals surface area contributed by atoms with Crippen molar-refractivity contribution < 1.29 is 14.3 Å². The van der Waals surface area contributed by atoms with E-state index in [0.717, 1.165) is 0 Å². The highest BCUT2D eigenvalue weighted by atomic mass is 16.5. The van der Waals surface area contributed by atoms with Crippen molar-refractivity contribution in [1.82, 2.24) is 15.0 Å². The standard InChI is InChI=1S/C9H15N5O3/c1-3-17-6(15)4-5-11-8-12-7(10)13-9(14-8)16-2/h3-5H2,1-2H3,(H3,10,11,12,13,14). The quantitative estimate of drug-likeness (QED) is 0.660. The first kappa shape index (κ1) is 12.9. The average Bonchev–Trinajstić information content (AvgIpc) is 2.28. The molecular weight excluding hydrogens is 226 g/mol. The molecule has 0 unspecified atom stereocenters. The van der Waals surface area contributed by atoms with Crippen LogP contribution in [0, 0.1) is 0 Å². The SMILES string of the molecule is CCOC(=O)CCNc1nc(N)nc(OC)n1. The van der Waals surface area contributed by atoms with Gasteiger partial charge in [0.2, 0.25) is 11.9 Å².